The second-order valence-corrected chi connectivity index (χ2v) is 3.57. The third-order valence-corrected chi connectivity index (χ3v) is 2.86. The molecule has 0 bridgehead atoms. The van der Waals surface area contributed by atoms with Crippen molar-refractivity contribution in [1.82, 2.24) is 0 Å². The van der Waals surface area contributed by atoms with Crippen LogP contribution >= 0.6 is 11.6 Å². The number of allylic oxidation sites excluding steroid dienone is 1. The van der Waals surface area contributed by atoms with Gasteiger partial charge in [0.15, 0.2) is 5.79 Å². The predicted octanol–water partition coefficient (Wildman–Crippen LogP) is 2.08. The Balaban J connectivity index is 2.01. The van der Waals surface area contributed by atoms with Crippen molar-refractivity contribution in [1.29, 1.82) is 0 Å². The van der Waals surface area contributed by atoms with E-state index in [1.54, 1.807) is 0 Å². The molecule has 0 atom stereocenters. The summed E-state index contributed by atoms with van der Waals surface area (Å²) in [5, 5.41) is 0. The van der Waals surface area contributed by atoms with Crippen molar-refractivity contribution in [3.63, 3.8) is 0 Å². The van der Waals surface area contributed by atoms with Crippen LogP contribution in [0.15, 0.2) is 11.6 Å². The maximum Gasteiger partial charge on any atom is 0.172 e. The van der Waals surface area contributed by atoms with Gasteiger partial charge in [-0.2, -0.15) is 0 Å². The van der Waals surface area contributed by atoms with Gasteiger partial charge in [-0.1, -0.05) is 11.6 Å². The highest BCUT2D eigenvalue weighted by Gasteiger charge is 2.37. The summed E-state index contributed by atoms with van der Waals surface area (Å²) in [6.07, 6.45) is 5.01. The van der Waals surface area contributed by atoms with Crippen LogP contribution < -0.4 is 0 Å². The first kappa shape index (κ1) is 8.54. The van der Waals surface area contributed by atoms with Gasteiger partial charge in [-0.3, -0.25) is 0 Å². The lowest BCUT2D eigenvalue weighted by Gasteiger charge is -2.30. The van der Waals surface area contributed by atoms with Crippen LogP contribution in [0.5, 0.6) is 0 Å². The summed E-state index contributed by atoms with van der Waals surface area (Å²) in [5.74, 6) is 0.367. The molecule has 1 aliphatic carbocycles. The normalized spacial score (nSPS) is 27.6. The van der Waals surface area contributed by atoms with Gasteiger partial charge < -0.3 is 9.47 Å². The van der Waals surface area contributed by atoms with Gasteiger partial charge in [0.05, 0.1) is 13.2 Å². The van der Waals surface area contributed by atoms with Crippen molar-refractivity contribution in [2.75, 3.05) is 19.1 Å². The molecule has 0 aromatic rings. The summed E-state index contributed by atoms with van der Waals surface area (Å²) in [7, 11) is 0. The zero-order valence-corrected chi connectivity index (χ0v) is 7.77. The van der Waals surface area contributed by atoms with Crippen LogP contribution in [-0.4, -0.2) is 24.9 Å². The molecule has 1 aliphatic heterocycles. The van der Waals surface area contributed by atoms with E-state index in [1.807, 2.05) is 0 Å². The van der Waals surface area contributed by atoms with Gasteiger partial charge in [0, 0.05) is 18.7 Å². The Hall–Kier alpha value is -0.0500. The van der Waals surface area contributed by atoms with Gasteiger partial charge >= 0.3 is 0 Å². The Morgan fingerprint density at radius 2 is 2.17 bits per heavy atom. The van der Waals surface area contributed by atoms with E-state index < -0.39 is 0 Å². The van der Waals surface area contributed by atoms with E-state index in [-0.39, 0.29) is 5.79 Å². The summed E-state index contributed by atoms with van der Waals surface area (Å²) in [6.45, 7) is 1.48. The van der Waals surface area contributed by atoms with Crippen molar-refractivity contribution < 1.29 is 9.47 Å². The maximum absolute atomic E-state index is 5.73. The van der Waals surface area contributed by atoms with E-state index in [9.17, 15) is 0 Å². The first-order valence-electron chi connectivity index (χ1n) is 4.36. The third kappa shape index (κ3) is 1.51. The number of halogens is 1. The standard InChI is InChI=1S/C9H13ClO2/c10-7-8-1-3-9(4-2-8)11-5-6-12-9/h1H,2-7H2. The Morgan fingerprint density at radius 3 is 2.67 bits per heavy atom. The molecule has 68 valence electrons. The highest BCUT2D eigenvalue weighted by atomic mass is 35.5. The van der Waals surface area contributed by atoms with Gasteiger partial charge in [0.25, 0.3) is 0 Å². The molecule has 0 N–H and O–H groups in total. The molecule has 0 aromatic heterocycles. The molecule has 3 heteroatoms. The summed E-state index contributed by atoms with van der Waals surface area (Å²) in [5.41, 5.74) is 1.32. The molecule has 2 rings (SSSR count). The van der Waals surface area contributed by atoms with E-state index >= 15 is 0 Å². The Kier molecular flexibility index (Phi) is 2.40. The first-order valence-corrected chi connectivity index (χ1v) is 4.90. The first-order chi connectivity index (χ1) is 5.85. The van der Waals surface area contributed by atoms with Gasteiger partial charge in [-0.25, -0.2) is 0 Å². The van der Waals surface area contributed by atoms with Crippen LogP contribution in [0.3, 0.4) is 0 Å². The van der Waals surface area contributed by atoms with Crippen LogP contribution in [0.4, 0.5) is 0 Å². The van der Waals surface area contributed by atoms with Gasteiger partial charge in [-0.15, -0.1) is 11.6 Å². The molecular weight excluding hydrogens is 176 g/mol. The van der Waals surface area contributed by atoms with Crippen molar-refractivity contribution in [2.45, 2.75) is 25.0 Å². The average Bonchev–Trinajstić information content (AvgIpc) is 2.55. The zero-order chi connectivity index (χ0) is 8.44. The van der Waals surface area contributed by atoms with Crippen molar-refractivity contribution >= 4 is 11.6 Å². The molecule has 0 saturated carbocycles. The van der Waals surface area contributed by atoms with Gasteiger partial charge in [0.2, 0.25) is 0 Å². The summed E-state index contributed by atoms with van der Waals surface area (Å²) >= 11 is 5.73. The van der Waals surface area contributed by atoms with Crippen molar-refractivity contribution in [3.8, 4) is 0 Å². The average molecular weight is 189 g/mol. The molecule has 0 radical (unpaired) electrons. The SMILES string of the molecule is ClCC1=CCC2(CC1)OCCO2. The van der Waals surface area contributed by atoms with Crippen molar-refractivity contribution in [3.05, 3.63) is 11.6 Å². The zero-order valence-electron chi connectivity index (χ0n) is 7.01. The minimum atomic E-state index is -0.282. The van der Waals surface area contributed by atoms with E-state index in [1.165, 1.54) is 5.57 Å². The minimum absolute atomic E-state index is 0.282. The quantitative estimate of drug-likeness (QED) is 0.464. The molecule has 12 heavy (non-hydrogen) atoms. The fourth-order valence-electron chi connectivity index (χ4n) is 1.74. The van der Waals surface area contributed by atoms with E-state index in [0.717, 1.165) is 32.5 Å². The number of hydrogen-bond acceptors (Lipinski definition) is 2. The van der Waals surface area contributed by atoms with Crippen LogP contribution in [0.2, 0.25) is 0 Å². The van der Waals surface area contributed by atoms with E-state index in [4.69, 9.17) is 21.1 Å². The molecule has 0 aromatic carbocycles. The highest BCUT2D eigenvalue weighted by Crippen LogP contribution is 2.34. The second-order valence-electron chi connectivity index (χ2n) is 3.31. The number of rotatable bonds is 1. The molecular formula is C9H13ClO2. The molecule has 1 heterocycles. The molecule has 1 spiro atoms. The summed E-state index contributed by atoms with van der Waals surface area (Å²) in [6, 6.07) is 0. The number of hydrogen-bond donors (Lipinski definition) is 0. The Labute approximate surface area is 77.5 Å². The van der Waals surface area contributed by atoms with Crippen molar-refractivity contribution in [2.24, 2.45) is 0 Å². The second kappa shape index (κ2) is 3.36. The molecule has 2 aliphatic rings. The smallest absolute Gasteiger partial charge is 0.172 e. The predicted molar refractivity (Wildman–Crippen MR) is 47.3 cm³/mol. The monoisotopic (exact) mass is 188 g/mol. The lowest BCUT2D eigenvalue weighted by Crippen LogP contribution is -2.31. The molecule has 1 saturated heterocycles. The Bertz CT molecular complexity index is 195. The molecule has 2 nitrogen and oxygen atoms in total. The lowest BCUT2D eigenvalue weighted by molar-refractivity contribution is -0.161. The van der Waals surface area contributed by atoms with E-state index in [2.05, 4.69) is 6.08 Å². The van der Waals surface area contributed by atoms with Gasteiger partial charge in [0.1, 0.15) is 0 Å². The summed E-state index contributed by atoms with van der Waals surface area (Å²) < 4.78 is 11.1. The van der Waals surface area contributed by atoms with Crippen LogP contribution in [-0.2, 0) is 9.47 Å². The summed E-state index contributed by atoms with van der Waals surface area (Å²) in [4.78, 5) is 0. The fraction of sp³-hybridized carbons (Fsp3) is 0.778. The minimum Gasteiger partial charge on any atom is -0.347 e. The fourth-order valence-corrected chi connectivity index (χ4v) is 1.98. The van der Waals surface area contributed by atoms with Crippen LogP contribution in [0.1, 0.15) is 19.3 Å². The van der Waals surface area contributed by atoms with Gasteiger partial charge in [-0.05, 0) is 6.42 Å². The lowest BCUT2D eigenvalue weighted by atomic mass is 9.95. The Morgan fingerprint density at radius 1 is 1.42 bits per heavy atom. The molecule has 0 amide bonds. The number of ether oxygens (including phenoxy) is 2. The highest BCUT2D eigenvalue weighted by molar-refractivity contribution is 6.19. The van der Waals surface area contributed by atoms with Crippen LogP contribution in [0, 0.1) is 0 Å². The van der Waals surface area contributed by atoms with Crippen LogP contribution in [0.25, 0.3) is 0 Å². The number of alkyl halides is 1. The molecule has 1 fully saturated rings. The third-order valence-electron chi connectivity index (χ3n) is 2.51. The topological polar surface area (TPSA) is 18.5 Å². The van der Waals surface area contributed by atoms with E-state index in [0.29, 0.717) is 5.88 Å². The maximum atomic E-state index is 5.73. The molecule has 0 unspecified atom stereocenters. The largest absolute Gasteiger partial charge is 0.347 e.